The van der Waals surface area contributed by atoms with E-state index in [0.29, 0.717) is 6.42 Å². The minimum atomic E-state index is -0.0509. The van der Waals surface area contributed by atoms with Crippen LogP contribution in [0.4, 0.5) is 0 Å². The second-order valence-corrected chi connectivity index (χ2v) is 1.37. The molecule has 1 N–H and O–H groups in total. The fraction of sp³-hybridized carbons (Fsp3) is 0.800. The third kappa shape index (κ3) is 3.76. The zero-order chi connectivity index (χ0) is 5.70. The summed E-state index contributed by atoms with van der Waals surface area (Å²) in [5, 5.41) is 8.25. The Balaban J connectivity index is 2.83. The molecular weight excluding hydrogens is 92.1 g/mol. The Morgan fingerprint density at radius 1 is 1.86 bits per heavy atom. The van der Waals surface area contributed by atoms with Crippen molar-refractivity contribution in [3.05, 3.63) is 6.92 Å². The van der Waals surface area contributed by atoms with Gasteiger partial charge in [-0.1, -0.05) is 0 Å². The van der Waals surface area contributed by atoms with Crippen molar-refractivity contribution in [3.8, 4) is 0 Å². The Morgan fingerprint density at radius 3 is 2.57 bits per heavy atom. The maximum Gasteiger partial charge on any atom is 0.0594 e. The van der Waals surface area contributed by atoms with Crippen molar-refractivity contribution in [2.24, 2.45) is 0 Å². The lowest BCUT2D eigenvalue weighted by molar-refractivity contribution is 0.110. The van der Waals surface area contributed by atoms with Crippen molar-refractivity contribution in [2.75, 3.05) is 13.7 Å². The van der Waals surface area contributed by atoms with Crippen molar-refractivity contribution in [1.82, 2.24) is 0 Å². The molecule has 0 saturated heterocycles. The van der Waals surface area contributed by atoms with Crippen molar-refractivity contribution in [2.45, 2.75) is 12.5 Å². The van der Waals surface area contributed by atoms with Gasteiger partial charge < -0.3 is 9.84 Å². The van der Waals surface area contributed by atoms with Gasteiger partial charge in [0.1, 0.15) is 0 Å². The van der Waals surface area contributed by atoms with Crippen LogP contribution in [0.5, 0.6) is 0 Å². The Kier molecular flexibility index (Phi) is 4.04. The zero-order valence-corrected chi connectivity index (χ0v) is 4.55. The molecule has 1 atom stereocenters. The molecule has 0 heterocycles. The topological polar surface area (TPSA) is 29.5 Å². The van der Waals surface area contributed by atoms with Gasteiger partial charge in [0.15, 0.2) is 0 Å². The van der Waals surface area contributed by atoms with Crippen LogP contribution >= 0.6 is 0 Å². The Morgan fingerprint density at radius 2 is 2.43 bits per heavy atom. The smallest absolute Gasteiger partial charge is 0.0594 e. The maximum atomic E-state index is 8.25. The molecular formula is C5H11O2. The van der Waals surface area contributed by atoms with E-state index in [9.17, 15) is 0 Å². The summed E-state index contributed by atoms with van der Waals surface area (Å²) < 4.78 is 4.72. The summed E-state index contributed by atoms with van der Waals surface area (Å²) in [6.07, 6.45) is 0.571. The molecule has 7 heavy (non-hydrogen) atoms. The van der Waals surface area contributed by atoms with E-state index in [1.54, 1.807) is 7.11 Å². The normalized spacial score (nSPS) is 14.1. The second kappa shape index (κ2) is 4.09. The second-order valence-electron chi connectivity index (χ2n) is 1.37. The molecule has 2 heteroatoms. The van der Waals surface area contributed by atoms with Gasteiger partial charge in [0.2, 0.25) is 0 Å². The van der Waals surface area contributed by atoms with Gasteiger partial charge in [-0.25, -0.2) is 0 Å². The van der Waals surface area contributed by atoms with E-state index in [1.165, 1.54) is 0 Å². The van der Waals surface area contributed by atoms with Crippen LogP contribution in [0.15, 0.2) is 0 Å². The Bertz CT molecular complexity index is 37.1. The first-order valence-electron chi connectivity index (χ1n) is 2.28. The van der Waals surface area contributed by atoms with E-state index < -0.39 is 0 Å². The average molecular weight is 103 g/mol. The molecule has 1 radical (unpaired) electrons. The average Bonchev–Trinajstić information content (AvgIpc) is 1.68. The summed E-state index contributed by atoms with van der Waals surface area (Å²) in [6.45, 7) is 3.72. The third-order valence-corrected chi connectivity index (χ3v) is 0.784. The van der Waals surface area contributed by atoms with Crippen LogP contribution < -0.4 is 0 Å². The standard InChI is InChI=1S/C5H11O2/c1-5(7-2)3-4-6/h5-6H,1,3-4H2,2H3. The van der Waals surface area contributed by atoms with Crippen LogP contribution in [0.3, 0.4) is 0 Å². The minimum Gasteiger partial charge on any atom is -0.396 e. The molecule has 0 saturated carbocycles. The van der Waals surface area contributed by atoms with Gasteiger partial charge in [-0.05, 0) is 13.3 Å². The Labute approximate surface area is 44.1 Å². The fourth-order valence-corrected chi connectivity index (χ4v) is 0.262. The first kappa shape index (κ1) is 6.92. The molecule has 1 unspecified atom stereocenters. The molecule has 0 aliphatic carbocycles. The fourth-order valence-electron chi connectivity index (χ4n) is 0.262. The van der Waals surface area contributed by atoms with Crippen LogP contribution in [0, 0.1) is 6.92 Å². The number of aliphatic hydroxyl groups excluding tert-OH is 1. The van der Waals surface area contributed by atoms with Crippen LogP contribution in [-0.4, -0.2) is 24.9 Å². The van der Waals surface area contributed by atoms with Gasteiger partial charge in [0.25, 0.3) is 0 Å². The first-order chi connectivity index (χ1) is 3.31. The predicted octanol–water partition coefficient (Wildman–Crippen LogP) is 0.218. The van der Waals surface area contributed by atoms with Crippen LogP contribution in [0.1, 0.15) is 6.42 Å². The summed E-state index contributed by atoms with van der Waals surface area (Å²) in [6, 6.07) is 0. The van der Waals surface area contributed by atoms with Gasteiger partial charge in [0, 0.05) is 13.7 Å². The highest BCUT2D eigenvalue weighted by Gasteiger charge is 1.93. The van der Waals surface area contributed by atoms with E-state index in [4.69, 9.17) is 9.84 Å². The lowest BCUT2D eigenvalue weighted by Crippen LogP contribution is -2.06. The van der Waals surface area contributed by atoms with Gasteiger partial charge in [-0.2, -0.15) is 0 Å². The van der Waals surface area contributed by atoms with Gasteiger partial charge in [0.05, 0.1) is 6.10 Å². The van der Waals surface area contributed by atoms with Crippen molar-refractivity contribution < 1.29 is 9.84 Å². The highest BCUT2D eigenvalue weighted by Crippen LogP contribution is 1.90. The van der Waals surface area contributed by atoms with Crippen LogP contribution in [0.25, 0.3) is 0 Å². The van der Waals surface area contributed by atoms with Crippen molar-refractivity contribution in [1.29, 1.82) is 0 Å². The molecule has 0 rings (SSSR count). The lowest BCUT2D eigenvalue weighted by Gasteiger charge is -2.03. The molecule has 43 valence electrons. The molecule has 0 amide bonds. The van der Waals surface area contributed by atoms with E-state index in [0.717, 1.165) is 0 Å². The lowest BCUT2D eigenvalue weighted by atomic mass is 10.3. The summed E-state index contributed by atoms with van der Waals surface area (Å²) in [4.78, 5) is 0. The molecule has 0 aromatic heterocycles. The third-order valence-electron chi connectivity index (χ3n) is 0.784. The van der Waals surface area contributed by atoms with Crippen molar-refractivity contribution in [3.63, 3.8) is 0 Å². The number of methoxy groups -OCH3 is 1. The number of hydrogen-bond donors (Lipinski definition) is 1. The molecule has 0 aromatic carbocycles. The molecule has 2 nitrogen and oxygen atoms in total. The Hall–Kier alpha value is -0.0800. The minimum absolute atomic E-state index is 0.0509. The highest BCUT2D eigenvalue weighted by atomic mass is 16.5. The quantitative estimate of drug-likeness (QED) is 0.553. The van der Waals surface area contributed by atoms with Crippen LogP contribution in [-0.2, 0) is 4.74 Å². The van der Waals surface area contributed by atoms with Crippen molar-refractivity contribution >= 4 is 0 Å². The molecule has 0 aromatic rings. The largest absolute Gasteiger partial charge is 0.396 e. The highest BCUT2D eigenvalue weighted by molar-refractivity contribution is 4.56. The SMILES string of the molecule is [CH2]C(CCO)OC. The monoisotopic (exact) mass is 103 g/mol. The van der Waals surface area contributed by atoms with Gasteiger partial charge in [-0.3, -0.25) is 0 Å². The number of ether oxygens (including phenoxy) is 1. The number of aliphatic hydroxyl groups is 1. The zero-order valence-electron chi connectivity index (χ0n) is 4.55. The van der Waals surface area contributed by atoms with Gasteiger partial charge >= 0.3 is 0 Å². The number of hydrogen-bond acceptors (Lipinski definition) is 2. The summed E-state index contributed by atoms with van der Waals surface area (Å²) in [7, 11) is 1.58. The molecule has 0 fully saturated rings. The molecule has 0 bridgehead atoms. The van der Waals surface area contributed by atoms with E-state index in [2.05, 4.69) is 6.92 Å². The predicted molar refractivity (Wildman–Crippen MR) is 27.9 cm³/mol. The number of rotatable bonds is 3. The molecule has 0 aliphatic rings. The van der Waals surface area contributed by atoms with E-state index in [-0.39, 0.29) is 12.7 Å². The van der Waals surface area contributed by atoms with Crippen LogP contribution in [0.2, 0.25) is 0 Å². The molecule has 0 aliphatic heterocycles. The summed E-state index contributed by atoms with van der Waals surface area (Å²) in [5.41, 5.74) is 0. The van der Waals surface area contributed by atoms with E-state index >= 15 is 0 Å². The molecule has 0 spiro atoms. The summed E-state index contributed by atoms with van der Waals surface area (Å²) >= 11 is 0. The summed E-state index contributed by atoms with van der Waals surface area (Å²) in [5.74, 6) is 0. The van der Waals surface area contributed by atoms with Gasteiger partial charge in [-0.15, -0.1) is 0 Å². The first-order valence-corrected chi connectivity index (χ1v) is 2.28. The van der Waals surface area contributed by atoms with E-state index in [1.807, 2.05) is 0 Å². The maximum absolute atomic E-state index is 8.25.